The van der Waals surface area contributed by atoms with Crippen LogP contribution in [0.25, 0.3) is 0 Å². The summed E-state index contributed by atoms with van der Waals surface area (Å²) in [6.45, 7) is -1.05. The summed E-state index contributed by atoms with van der Waals surface area (Å²) in [6.07, 6.45) is 0. The number of carbonyl (C=O) groups excluding carboxylic acids is 1. The number of hydrogen-bond acceptors (Lipinski definition) is 2. The van der Waals surface area contributed by atoms with Gasteiger partial charge in [-0.1, -0.05) is 0 Å². The number of halogens is 2. The van der Waals surface area contributed by atoms with E-state index in [0.29, 0.717) is 0 Å². The maximum atomic E-state index is 12.7. The lowest BCUT2D eigenvalue weighted by molar-refractivity contribution is -0.0650. The fraction of sp³-hybridized carbons (Fsp3) is 0.833. The highest BCUT2D eigenvalue weighted by atomic mass is 19.3. The van der Waals surface area contributed by atoms with Crippen molar-refractivity contribution in [2.24, 2.45) is 5.73 Å². The van der Waals surface area contributed by atoms with Crippen molar-refractivity contribution in [2.45, 2.75) is 5.92 Å². The zero-order valence-electron chi connectivity index (χ0n) is 6.43. The molecule has 1 aliphatic rings. The quantitative estimate of drug-likeness (QED) is 0.572. The molecular formula is C6H10F2N2O2. The Balaban J connectivity index is 2.60. The lowest BCUT2D eigenvalue weighted by Gasteiger charge is -2.20. The van der Waals surface area contributed by atoms with Crippen molar-refractivity contribution in [2.75, 3.05) is 26.3 Å². The van der Waals surface area contributed by atoms with Crippen LogP contribution >= 0.6 is 0 Å². The van der Waals surface area contributed by atoms with Gasteiger partial charge in [0.05, 0.1) is 13.2 Å². The van der Waals surface area contributed by atoms with Gasteiger partial charge >= 0.3 is 6.03 Å². The molecule has 4 nitrogen and oxygen atoms in total. The SMILES string of the molecule is NC(=O)N1CCOCC(F)(F)C1. The van der Waals surface area contributed by atoms with E-state index >= 15 is 0 Å². The second-order valence-electron chi connectivity index (χ2n) is 2.67. The zero-order valence-corrected chi connectivity index (χ0v) is 6.43. The third-order valence-electron chi connectivity index (χ3n) is 1.55. The molecule has 1 rings (SSSR count). The molecule has 2 N–H and O–H groups in total. The van der Waals surface area contributed by atoms with Crippen LogP contribution in [-0.4, -0.2) is 43.2 Å². The van der Waals surface area contributed by atoms with Gasteiger partial charge in [0, 0.05) is 6.54 Å². The number of rotatable bonds is 0. The highest BCUT2D eigenvalue weighted by Gasteiger charge is 2.35. The fourth-order valence-corrected chi connectivity index (χ4v) is 0.988. The van der Waals surface area contributed by atoms with Crippen molar-refractivity contribution in [1.82, 2.24) is 4.90 Å². The molecule has 0 saturated carbocycles. The first-order valence-electron chi connectivity index (χ1n) is 3.51. The van der Waals surface area contributed by atoms with E-state index in [-0.39, 0.29) is 13.2 Å². The number of alkyl halides is 2. The van der Waals surface area contributed by atoms with Crippen molar-refractivity contribution in [3.8, 4) is 0 Å². The molecule has 0 spiro atoms. The first kappa shape index (κ1) is 9.18. The third-order valence-corrected chi connectivity index (χ3v) is 1.55. The summed E-state index contributed by atoms with van der Waals surface area (Å²) >= 11 is 0. The van der Waals surface area contributed by atoms with E-state index < -0.39 is 25.1 Å². The van der Waals surface area contributed by atoms with Crippen LogP contribution in [0.15, 0.2) is 0 Å². The molecular weight excluding hydrogens is 170 g/mol. The number of ether oxygens (including phenoxy) is 1. The fourth-order valence-electron chi connectivity index (χ4n) is 0.988. The zero-order chi connectivity index (χ0) is 9.19. The maximum Gasteiger partial charge on any atom is 0.315 e. The van der Waals surface area contributed by atoms with Crippen LogP contribution in [0.4, 0.5) is 13.6 Å². The molecule has 1 fully saturated rings. The highest BCUT2D eigenvalue weighted by Crippen LogP contribution is 2.17. The summed E-state index contributed by atoms with van der Waals surface area (Å²) in [7, 11) is 0. The Kier molecular flexibility index (Phi) is 2.46. The van der Waals surface area contributed by atoms with E-state index in [0.717, 1.165) is 4.90 Å². The van der Waals surface area contributed by atoms with Crippen LogP contribution in [0, 0.1) is 0 Å². The van der Waals surface area contributed by atoms with E-state index in [1.807, 2.05) is 0 Å². The lowest BCUT2D eigenvalue weighted by Crippen LogP contribution is -2.43. The van der Waals surface area contributed by atoms with Gasteiger partial charge in [0.15, 0.2) is 0 Å². The Labute approximate surface area is 68.3 Å². The minimum absolute atomic E-state index is 0.110. The van der Waals surface area contributed by atoms with Gasteiger partial charge in [-0.05, 0) is 0 Å². The van der Waals surface area contributed by atoms with E-state index in [4.69, 9.17) is 5.73 Å². The van der Waals surface area contributed by atoms with E-state index in [1.165, 1.54) is 0 Å². The number of urea groups is 1. The molecule has 0 aromatic heterocycles. The van der Waals surface area contributed by atoms with Gasteiger partial charge in [-0.15, -0.1) is 0 Å². The Morgan fingerprint density at radius 3 is 2.83 bits per heavy atom. The van der Waals surface area contributed by atoms with Gasteiger partial charge in [-0.2, -0.15) is 0 Å². The number of nitrogens with two attached hydrogens (primary N) is 1. The van der Waals surface area contributed by atoms with Crippen LogP contribution < -0.4 is 5.73 Å². The van der Waals surface area contributed by atoms with Crippen LogP contribution in [0.3, 0.4) is 0 Å². The summed E-state index contributed by atoms with van der Waals surface area (Å²) in [6, 6.07) is -0.833. The largest absolute Gasteiger partial charge is 0.373 e. The predicted molar refractivity (Wildman–Crippen MR) is 36.9 cm³/mol. The molecule has 6 heteroatoms. The standard InChI is InChI=1S/C6H10F2N2O2/c7-6(8)3-10(5(9)11)1-2-12-4-6/h1-4H2,(H2,9,11). The summed E-state index contributed by atoms with van der Waals surface area (Å²) in [5, 5.41) is 0. The molecule has 12 heavy (non-hydrogen) atoms. The van der Waals surface area contributed by atoms with Gasteiger partial charge in [0.2, 0.25) is 0 Å². The maximum absolute atomic E-state index is 12.7. The highest BCUT2D eigenvalue weighted by molar-refractivity contribution is 5.72. The normalized spacial score (nSPS) is 23.3. The van der Waals surface area contributed by atoms with Crippen molar-refractivity contribution in [3.63, 3.8) is 0 Å². The van der Waals surface area contributed by atoms with E-state index in [1.54, 1.807) is 0 Å². The topological polar surface area (TPSA) is 55.6 Å². The molecule has 0 unspecified atom stereocenters. The molecule has 70 valence electrons. The summed E-state index contributed by atoms with van der Waals surface area (Å²) in [5.74, 6) is -2.98. The minimum Gasteiger partial charge on any atom is -0.373 e. The third kappa shape index (κ3) is 2.30. The van der Waals surface area contributed by atoms with E-state index in [2.05, 4.69) is 4.74 Å². The molecule has 0 radical (unpaired) electrons. The summed E-state index contributed by atoms with van der Waals surface area (Å²) in [4.78, 5) is 11.4. The molecule has 1 aliphatic heterocycles. The van der Waals surface area contributed by atoms with Gasteiger partial charge in [-0.3, -0.25) is 0 Å². The smallest absolute Gasteiger partial charge is 0.315 e. The molecule has 0 atom stereocenters. The molecule has 0 aromatic carbocycles. The van der Waals surface area contributed by atoms with Crippen molar-refractivity contribution in [3.05, 3.63) is 0 Å². The summed E-state index contributed by atoms with van der Waals surface area (Å²) in [5.41, 5.74) is 4.86. The molecule has 0 aromatic rings. The lowest BCUT2D eigenvalue weighted by atomic mass is 10.3. The molecule has 0 aliphatic carbocycles. The molecule has 1 heterocycles. The van der Waals surface area contributed by atoms with Crippen molar-refractivity contribution >= 4 is 6.03 Å². The monoisotopic (exact) mass is 180 g/mol. The van der Waals surface area contributed by atoms with E-state index in [9.17, 15) is 13.6 Å². The molecule has 1 saturated heterocycles. The number of primary amides is 1. The van der Waals surface area contributed by atoms with Crippen molar-refractivity contribution in [1.29, 1.82) is 0 Å². The van der Waals surface area contributed by atoms with Gasteiger partial charge in [-0.25, -0.2) is 13.6 Å². The second kappa shape index (κ2) is 3.22. The minimum atomic E-state index is -2.98. The van der Waals surface area contributed by atoms with Crippen LogP contribution in [0.1, 0.15) is 0 Å². The first-order chi connectivity index (χ1) is 5.51. The average Bonchev–Trinajstić information content (AvgIpc) is 2.10. The predicted octanol–water partition coefficient (Wildman–Crippen LogP) is 0.0326. The molecule has 0 bridgehead atoms. The van der Waals surface area contributed by atoms with Crippen LogP contribution in [0.5, 0.6) is 0 Å². The summed E-state index contributed by atoms with van der Waals surface area (Å²) < 4.78 is 30.0. The van der Waals surface area contributed by atoms with Gasteiger partial charge < -0.3 is 15.4 Å². The average molecular weight is 180 g/mol. The molecule has 2 amide bonds. The Bertz CT molecular complexity index is 186. The number of carbonyl (C=O) groups is 1. The van der Waals surface area contributed by atoms with Crippen molar-refractivity contribution < 1.29 is 18.3 Å². The van der Waals surface area contributed by atoms with Gasteiger partial charge in [0.25, 0.3) is 5.92 Å². The Morgan fingerprint density at radius 2 is 2.25 bits per heavy atom. The van der Waals surface area contributed by atoms with Crippen LogP contribution in [-0.2, 0) is 4.74 Å². The second-order valence-corrected chi connectivity index (χ2v) is 2.67. The Morgan fingerprint density at radius 1 is 1.58 bits per heavy atom. The van der Waals surface area contributed by atoms with Gasteiger partial charge in [0.1, 0.15) is 6.61 Å². The number of hydrogen-bond donors (Lipinski definition) is 1. The number of amides is 2. The Hall–Kier alpha value is -0.910. The first-order valence-corrected chi connectivity index (χ1v) is 3.51. The number of nitrogens with zero attached hydrogens (tertiary/aromatic N) is 1. The van der Waals surface area contributed by atoms with Crippen LogP contribution in [0.2, 0.25) is 0 Å².